The van der Waals surface area contributed by atoms with Crippen molar-refractivity contribution in [2.45, 2.75) is 11.7 Å². The second-order valence-electron chi connectivity index (χ2n) is 7.09. The molecule has 0 aliphatic carbocycles. The van der Waals surface area contributed by atoms with Crippen LogP contribution in [0.25, 0.3) is 16.7 Å². The number of thioether (sulfide) groups is 1. The van der Waals surface area contributed by atoms with Crippen molar-refractivity contribution < 1.29 is 4.79 Å². The second-order valence-corrected chi connectivity index (χ2v) is 8.03. The van der Waals surface area contributed by atoms with Gasteiger partial charge in [0.15, 0.2) is 10.9 Å². The lowest BCUT2D eigenvalue weighted by molar-refractivity contribution is 0.102. The lowest BCUT2D eigenvalue weighted by atomic mass is 10.2. The van der Waals surface area contributed by atoms with Crippen LogP contribution in [0.15, 0.2) is 94.9 Å². The third-order valence-corrected chi connectivity index (χ3v) is 6.02. The number of carbonyl (C=O) groups excluding carboxylic acids is 1. The zero-order valence-corrected chi connectivity index (χ0v) is 17.3. The quantitative estimate of drug-likeness (QED) is 0.302. The molecule has 5 aromatic rings. The number of rotatable bonds is 6. The molecule has 2 aromatic heterocycles. The molecule has 152 valence electrons. The van der Waals surface area contributed by atoms with E-state index in [1.54, 1.807) is 16.7 Å². The number of ketones is 1. The summed E-state index contributed by atoms with van der Waals surface area (Å²) >= 11 is 1.32. The molecule has 0 radical (unpaired) electrons. The Morgan fingerprint density at radius 1 is 0.839 bits per heavy atom. The van der Waals surface area contributed by atoms with Crippen molar-refractivity contribution >= 4 is 34.2 Å². The Hall–Kier alpha value is -3.71. The minimum atomic E-state index is -0.115. The minimum Gasteiger partial charge on any atom is -0.293 e. The molecule has 0 aliphatic rings. The van der Waals surface area contributed by atoms with E-state index in [2.05, 4.69) is 10.2 Å². The van der Waals surface area contributed by atoms with Crippen LogP contribution in [0.5, 0.6) is 0 Å². The fraction of sp³-hybridized carbons (Fsp3) is 0.0833. The minimum absolute atomic E-state index is 0.0178. The fourth-order valence-electron chi connectivity index (χ4n) is 3.57. The smallest absolute Gasteiger partial charge is 0.263 e. The van der Waals surface area contributed by atoms with E-state index in [-0.39, 0.29) is 17.1 Å². The van der Waals surface area contributed by atoms with Crippen LogP contribution in [0.2, 0.25) is 0 Å². The average molecular weight is 427 g/mol. The molecule has 0 aliphatic heterocycles. The molecule has 0 saturated heterocycles. The Labute approximate surface area is 182 Å². The van der Waals surface area contributed by atoms with Crippen molar-refractivity contribution in [3.05, 3.63) is 106 Å². The Balaban J connectivity index is 1.59. The van der Waals surface area contributed by atoms with Crippen LogP contribution in [0.1, 0.15) is 15.9 Å². The van der Waals surface area contributed by atoms with Crippen molar-refractivity contribution in [1.82, 2.24) is 19.2 Å². The number of para-hydroxylation sites is 1. The van der Waals surface area contributed by atoms with Gasteiger partial charge in [0.05, 0.1) is 23.2 Å². The molecule has 0 spiro atoms. The van der Waals surface area contributed by atoms with E-state index in [0.717, 1.165) is 11.1 Å². The van der Waals surface area contributed by atoms with Crippen LogP contribution in [-0.4, -0.2) is 30.7 Å². The Morgan fingerprint density at radius 2 is 1.52 bits per heavy atom. The molecule has 31 heavy (non-hydrogen) atoms. The molecular weight excluding hydrogens is 408 g/mol. The largest absolute Gasteiger partial charge is 0.293 e. The highest BCUT2D eigenvalue weighted by Crippen LogP contribution is 2.23. The highest BCUT2D eigenvalue weighted by atomic mass is 32.2. The van der Waals surface area contributed by atoms with Crippen molar-refractivity contribution in [2.75, 3.05) is 5.75 Å². The lowest BCUT2D eigenvalue weighted by Crippen LogP contribution is -2.24. The van der Waals surface area contributed by atoms with Crippen molar-refractivity contribution in [1.29, 1.82) is 0 Å². The van der Waals surface area contributed by atoms with Crippen LogP contribution in [0.4, 0.5) is 0 Å². The van der Waals surface area contributed by atoms with Gasteiger partial charge >= 0.3 is 0 Å². The van der Waals surface area contributed by atoms with Crippen LogP contribution in [0, 0.1) is 0 Å². The summed E-state index contributed by atoms with van der Waals surface area (Å²) in [6.45, 7) is 0.389. The molecular formula is C24H18N4O2S. The summed E-state index contributed by atoms with van der Waals surface area (Å²) in [4.78, 5) is 25.8. The summed E-state index contributed by atoms with van der Waals surface area (Å²) in [5.41, 5.74) is 2.27. The molecule has 5 rings (SSSR count). The first-order valence-corrected chi connectivity index (χ1v) is 10.8. The first-order valence-electron chi connectivity index (χ1n) is 9.84. The van der Waals surface area contributed by atoms with Gasteiger partial charge in [0.2, 0.25) is 5.78 Å². The van der Waals surface area contributed by atoms with E-state index in [1.165, 1.54) is 11.8 Å². The topological polar surface area (TPSA) is 69.3 Å². The number of aromatic nitrogens is 4. The van der Waals surface area contributed by atoms with E-state index in [4.69, 9.17) is 0 Å². The molecule has 0 bridgehead atoms. The highest BCUT2D eigenvalue weighted by Gasteiger charge is 2.18. The maximum Gasteiger partial charge on any atom is 0.263 e. The molecule has 0 atom stereocenters. The lowest BCUT2D eigenvalue weighted by Gasteiger charge is -2.11. The third kappa shape index (κ3) is 3.64. The SMILES string of the molecule is O=C(CSc1nnc2n(Cc3ccccc3)c(=O)c3ccccc3n12)c1ccccc1. The van der Waals surface area contributed by atoms with E-state index in [1.807, 2.05) is 77.2 Å². The van der Waals surface area contributed by atoms with Gasteiger partial charge in [0, 0.05) is 5.56 Å². The number of carbonyl (C=O) groups is 1. The number of hydrogen-bond donors (Lipinski definition) is 0. The Morgan fingerprint density at radius 3 is 2.29 bits per heavy atom. The molecule has 0 saturated carbocycles. The summed E-state index contributed by atoms with van der Waals surface area (Å²) in [6, 6.07) is 26.4. The van der Waals surface area contributed by atoms with E-state index in [0.29, 0.717) is 28.4 Å². The predicted molar refractivity (Wildman–Crippen MR) is 122 cm³/mol. The normalized spacial score (nSPS) is 11.2. The number of nitrogens with zero attached hydrogens (tertiary/aromatic N) is 4. The highest BCUT2D eigenvalue weighted by molar-refractivity contribution is 7.99. The van der Waals surface area contributed by atoms with E-state index >= 15 is 0 Å². The molecule has 2 heterocycles. The van der Waals surface area contributed by atoms with Gasteiger partial charge in [0.1, 0.15) is 0 Å². The summed E-state index contributed by atoms with van der Waals surface area (Å²) in [7, 11) is 0. The van der Waals surface area contributed by atoms with Gasteiger partial charge < -0.3 is 0 Å². The Kier molecular flexibility index (Phi) is 5.09. The van der Waals surface area contributed by atoms with Crippen molar-refractivity contribution in [2.24, 2.45) is 0 Å². The number of Topliss-reactive ketones (excluding diaryl/α,β-unsaturated/α-hetero) is 1. The third-order valence-electron chi connectivity index (χ3n) is 5.09. The second kappa shape index (κ2) is 8.20. The van der Waals surface area contributed by atoms with Gasteiger partial charge in [-0.2, -0.15) is 0 Å². The molecule has 3 aromatic carbocycles. The maximum atomic E-state index is 13.2. The van der Waals surface area contributed by atoms with Crippen molar-refractivity contribution in [3.63, 3.8) is 0 Å². The van der Waals surface area contributed by atoms with Gasteiger partial charge in [0.25, 0.3) is 5.56 Å². The van der Waals surface area contributed by atoms with Gasteiger partial charge in [-0.05, 0) is 17.7 Å². The number of fused-ring (bicyclic) bond motifs is 3. The molecule has 0 unspecified atom stereocenters. The van der Waals surface area contributed by atoms with Crippen LogP contribution < -0.4 is 5.56 Å². The first-order chi connectivity index (χ1) is 15.2. The fourth-order valence-corrected chi connectivity index (χ4v) is 4.41. The standard InChI is InChI=1S/C24H18N4O2S/c29-21(18-11-5-2-6-12-18)16-31-24-26-25-23-27(15-17-9-3-1-4-10-17)22(30)19-13-7-8-14-20(19)28(23)24/h1-14H,15-16H2. The van der Waals surface area contributed by atoms with Gasteiger partial charge in [-0.25, -0.2) is 0 Å². The van der Waals surface area contributed by atoms with Gasteiger partial charge in [-0.3, -0.25) is 18.6 Å². The van der Waals surface area contributed by atoms with Crippen LogP contribution in [-0.2, 0) is 6.54 Å². The number of benzene rings is 3. The zero-order valence-electron chi connectivity index (χ0n) is 16.5. The summed E-state index contributed by atoms with van der Waals surface area (Å²) in [5.74, 6) is 0.711. The molecule has 0 fully saturated rings. The molecule has 6 nitrogen and oxygen atoms in total. The predicted octanol–water partition coefficient (Wildman–Crippen LogP) is 4.07. The van der Waals surface area contributed by atoms with Crippen molar-refractivity contribution in [3.8, 4) is 0 Å². The number of hydrogen-bond acceptors (Lipinski definition) is 5. The van der Waals surface area contributed by atoms with Gasteiger partial charge in [-0.1, -0.05) is 84.6 Å². The van der Waals surface area contributed by atoms with E-state index in [9.17, 15) is 9.59 Å². The molecule has 0 N–H and O–H groups in total. The monoisotopic (exact) mass is 426 g/mol. The Bertz CT molecular complexity index is 1440. The summed E-state index contributed by atoms with van der Waals surface area (Å²) in [6.07, 6.45) is 0. The molecule has 7 heteroatoms. The van der Waals surface area contributed by atoms with E-state index < -0.39 is 0 Å². The van der Waals surface area contributed by atoms with Crippen LogP contribution >= 0.6 is 11.8 Å². The summed E-state index contributed by atoms with van der Waals surface area (Å²) in [5, 5.41) is 9.80. The van der Waals surface area contributed by atoms with Crippen LogP contribution in [0.3, 0.4) is 0 Å². The summed E-state index contributed by atoms with van der Waals surface area (Å²) < 4.78 is 3.50. The average Bonchev–Trinajstić information content (AvgIpc) is 3.25. The first kappa shape index (κ1) is 19.3. The zero-order chi connectivity index (χ0) is 21.2. The van der Waals surface area contributed by atoms with Gasteiger partial charge in [-0.15, -0.1) is 10.2 Å². The maximum absolute atomic E-state index is 13.2. The molecule has 0 amide bonds.